The van der Waals surface area contributed by atoms with Crippen LogP contribution < -0.4 is 15.1 Å². The van der Waals surface area contributed by atoms with E-state index in [-0.39, 0.29) is 0 Å². The fourth-order valence-corrected chi connectivity index (χ4v) is 7.16. The Hall–Kier alpha value is -3.52. The molecule has 2 fully saturated rings. The van der Waals surface area contributed by atoms with Crippen molar-refractivity contribution in [1.29, 1.82) is 0 Å². The van der Waals surface area contributed by atoms with E-state index >= 15 is 0 Å². The number of thiophene rings is 1. The number of aromatic nitrogens is 2. The summed E-state index contributed by atoms with van der Waals surface area (Å²) >= 11 is 1.87. The van der Waals surface area contributed by atoms with E-state index in [0.29, 0.717) is 0 Å². The number of pyridine rings is 2. The van der Waals surface area contributed by atoms with Gasteiger partial charge in [0.25, 0.3) is 0 Å². The molecule has 40 heavy (non-hydrogen) atoms. The van der Waals surface area contributed by atoms with Crippen LogP contribution >= 0.6 is 11.3 Å². The number of fused-ring (bicyclic) bond motifs is 3. The van der Waals surface area contributed by atoms with Crippen LogP contribution in [0.2, 0.25) is 0 Å². The summed E-state index contributed by atoms with van der Waals surface area (Å²) in [5.41, 5.74) is 4.94. The zero-order valence-corrected chi connectivity index (χ0v) is 24.0. The summed E-state index contributed by atoms with van der Waals surface area (Å²) in [5, 5.41) is 6.07. The highest BCUT2D eigenvalue weighted by molar-refractivity contribution is 7.25. The summed E-state index contributed by atoms with van der Waals surface area (Å²) in [7, 11) is 0. The summed E-state index contributed by atoms with van der Waals surface area (Å²) < 4.78 is 2.65. The molecule has 1 N–H and O–H groups in total. The van der Waals surface area contributed by atoms with Crippen molar-refractivity contribution in [2.75, 3.05) is 68.7 Å². The van der Waals surface area contributed by atoms with Crippen LogP contribution in [0.5, 0.6) is 0 Å². The molecule has 2 aliphatic rings. The highest BCUT2D eigenvalue weighted by atomic mass is 32.1. The number of nitrogens with one attached hydrogen (secondary N) is 1. The third kappa shape index (κ3) is 5.05. The molecule has 0 radical (unpaired) electrons. The molecule has 2 aromatic carbocycles. The van der Waals surface area contributed by atoms with Crippen molar-refractivity contribution in [1.82, 2.24) is 20.2 Å². The minimum absolute atomic E-state index is 0.999. The van der Waals surface area contributed by atoms with Crippen LogP contribution in [-0.4, -0.2) is 73.8 Å². The number of benzene rings is 2. The zero-order chi connectivity index (χ0) is 26.9. The number of nitrogens with zero attached hydrogens (tertiary/aromatic N) is 5. The highest BCUT2D eigenvalue weighted by Gasteiger charge is 2.18. The van der Waals surface area contributed by atoms with Gasteiger partial charge in [-0.1, -0.05) is 19.1 Å². The van der Waals surface area contributed by atoms with E-state index in [0.717, 1.165) is 64.0 Å². The van der Waals surface area contributed by atoms with Crippen LogP contribution in [0.1, 0.15) is 13.3 Å². The van der Waals surface area contributed by atoms with Gasteiger partial charge in [-0.2, -0.15) is 0 Å². The lowest BCUT2D eigenvalue weighted by Gasteiger charge is -2.35. The molecule has 0 amide bonds. The van der Waals surface area contributed by atoms with Gasteiger partial charge in [0.15, 0.2) is 0 Å². The molecule has 2 aliphatic heterocycles. The monoisotopic (exact) mass is 548 g/mol. The first-order valence-corrected chi connectivity index (χ1v) is 15.4. The van der Waals surface area contributed by atoms with E-state index in [9.17, 15) is 0 Å². The van der Waals surface area contributed by atoms with Crippen molar-refractivity contribution in [2.45, 2.75) is 13.3 Å². The normalized spacial score (nSPS) is 16.7. The van der Waals surface area contributed by atoms with E-state index in [2.05, 4.69) is 92.6 Å². The zero-order valence-electron chi connectivity index (χ0n) is 23.1. The lowest BCUT2D eigenvalue weighted by Crippen LogP contribution is -2.46. The van der Waals surface area contributed by atoms with E-state index in [1.54, 1.807) is 0 Å². The topological polar surface area (TPSA) is 47.5 Å². The Morgan fingerprint density at radius 1 is 0.650 bits per heavy atom. The van der Waals surface area contributed by atoms with Gasteiger partial charge in [0.2, 0.25) is 0 Å². The molecule has 0 unspecified atom stereocenters. The fourth-order valence-electron chi connectivity index (χ4n) is 6.09. The second kappa shape index (κ2) is 11.2. The Labute approximate surface area is 240 Å². The Morgan fingerprint density at radius 2 is 1.18 bits per heavy atom. The summed E-state index contributed by atoms with van der Waals surface area (Å²) in [4.78, 5) is 16.8. The van der Waals surface area contributed by atoms with Gasteiger partial charge in [0, 0.05) is 84.9 Å². The molecule has 0 spiro atoms. The molecular weight excluding hydrogens is 512 g/mol. The molecule has 0 saturated carbocycles. The summed E-state index contributed by atoms with van der Waals surface area (Å²) in [6, 6.07) is 22.6. The highest BCUT2D eigenvalue weighted by Crippen LogP contribution is 2.39. The maximum atomic E-state index is 4.75. The van der Waals surface area contributed by atoms with E-state index in [4.69, 9.17) is 4.98 Å². The molecule has 7 heteroatoms. The van der Waals surface area contributed by atoms with Crippen LogP contribution in [0.25, 0.3) is 42.4 Å². The molecular formula is C33H36N6S. The lowest BCUT2D eigenvalue weighted by atomic mass is 10.0. The molecule has 5 aromatic rings. The van der Waals surface area contributed by atoms with Crippen molar-refractivity contribution >= 4 is 43.1 Å². The SMILES string of the molecule is CCCN1CCN(c2cc(-c3ccc4sc5ccc(-c6ccnc(N7CCNCC7)c6)cc5c4c3)ccn2)CC1. The molecule has 5 heterocycles. The smallest absolute Gasteiger partial charge is 0.129 e. The summed E-state index contributed by atoms with van der Waals surface area (Å²) in [6.45, 7) is 11.8. The summed E-state index contributed by atoms with van der Waals surface area (Å²) in [6.07, 6.45) is 5.14. The van der Waals surface area contributed by atoms with Crippen LogP contribution in [0, 0.1) is 0 Å². The largest absolute Gasteiger partial charge is 0.354 e. The third-order valence-corrected chi connectivity index (χ3v) is 9.46. The predicted octanol–water partition coefficient (Wildman–Crippen LogP) is 6.12. The van der Waals surface area contributed by atoms with Crippen molar-refractivity contribution < 1.29 is 0 Å². The van der Waals surface area contributed by atoms with Gasteiger partial charge < -0.3 is 15.1 Å². The van der Waals surface area contributed by atoms with Gasteiger partial charge in [-0.3, -0.25) is 4.90 Å². The Morgan fingerprint density at radius 3 is 1.73 bits per heavy atom. The minimum atomic E-state index is 0.999. The summed E-state index contributed by atoms with van der Waals surface area (Å²) in [5.74, 6) is 2.15. The van der Waals surface area contributed by atoms with Crippen LogP contribution in [0.15, 0.2) is 73.1 Å². The van der Waals surface area contributed by atoms with E-state index < -0.39 is 0 Å². The number of hydrogen-bond donors (Lipinski definition) is 1. The van der Waals surface area contributed by atoms with Crippen LogP contribution in [-0.2, 0) is 0 Å². The molecule has 2 saturated heterocycles. The molecule has 6 nitrogen and oxygen atoms in total. The Balaban J connectivity index is 1.20. The van der Waals surface area contributed by atoms with Gasteiger partial charge in [-0.05, 0) is 83.8 Å². The van der Waals surface area contributed by atoms with Crippen LogP contribution in [0.4, 0.5) is 11.6 Å². The van der Waals surface area contributed by atoms with Crippen molar-refractivity contribution in [2.24, 2.45) is 0 Å². The van der Waals surface area contributed by atoms with Crippen molar-refractivity contribution in [3.05, 3.63) is 73.1 Å². The molecule has 204 valence electrons. The molecule has 0 aliphatic carbocycles. The maximum absolute atomic E-state index is 4.75. The Bertz CT molecular complexity index is 1630. The number of anilines is 2. The number of hydrogen-bond acceptors (Lipinski definition) is 7. The van der Waals surface area contributed by atoms with Gasteiger partial charge in [0.1, 0.15) is 11.6 Å². The maximum Gasteiger partial charge on any atom is 0.129 e. The first kappa shape index (κ1) is 25.4. The average molecular weight is 549 g/mol. The standard InChI is InChI=1S/C33H36N6S/c1-2-13-37-16-18-39(19-17-37)33-23-27(8-10-36-33)25-4-6-31-29(21-25)28-20-24(3-5-30(28)40-31)26-7-9-35-32(22-26)38-14-11-34-12-15-38/h3-10,20-23,34H,2,11-19H2,1H3. The van der Waals surface area contributed by atoms with Gasteiger partial charge in [-0.15, -0.1) is 11.3 Å². The second-order valence-electron chi connectivity index (χ2n) is 10.9. The van der Waals surface area contributed by atoms with E-state index in [1.807, 2.05) is 23.7 Å². The minimum Gasteiger partial charge on any atom is -0.354 e. The second-order valence-corrected chi connectivity index (χ2v) is 12.0. The fraction of sp³-hybridized carbons (Fsp3) is 0.333. The van der Waals surface area contributed by atoms with Crippen molar-refractivity contribution in [3.63, 3.8) is 0 Å². The number of rotatable bonds is 6. The quantitative estimate of drug-likeness (QED) is 0.276. The van der Waals surface area contributed by atoms with Gasteiger partial charge in [0.05, 0.1) is 0 Å². The molecule has 0 bridgehead atoms. The first-order valence-electron chi connectivity index (χ1n) is 14.6. The predicted molar refractivity (Wildman–Crippen MR) is 170 cm³/mol. The molecule has 7 rings (SSSR count). The number of piperazine rings is 2. The lowest BCUT2D eigenvalue weighted by molar-refractivity contribution is 0.258. The van der Waals surface area contributed by atoms with Gasteiger partial charge in [-0.25, -0.2) is 9.97 Å². The Kier molecular flexibility index (Phi) is 7.10. The van der Waals surface area contributed by atoms with Crippen LogP contribution in [0.3, 0.4) is 0 Å². The van der Waals surface area contributed by atoms with Crippen molar-refractivity contribution in [3.8, 4) is 22.3 Å². The van der Waals surface area contributed by atoms with E-state index in [1.165, 1.54) is 55.4 Å². The average Bonchev–Trinajstić information content (AvgIpc) is 3.39. The van der Waals surface area contributed by atoms with Gasteiger partial charge >= 0.3 is 0 Å². The first-order chi connectivity index (χ1) is 19.7. The molecule has 3 aromatic heterocycles. The third-order valence-electron chi connectivity index (χ3n) is 8.30. The molecule has 0 atom stereocenters.